The van der Waals surface area contributed by atoms with Crippen molar-refractivity contribution in [1.29, 1.82) is 0 Å². The molecule has 4 aromatic rings. The normalized spacial score (nSPS) is 11.0. The van der Waals surface area contributed by atoms with Crippen molar-refractivity contribution >= 4 is 21.9 Å². The number of nitrogens with zero attached hydrogens (tertiary/aromatic N) is 3. The Morgan fingerprint density at radius 1 is 0.700 bits per heavy atom. The molecule has 0 unspecified atom stereocenters. The molecule has 0 amide bonds. The fraction of sp³-hybridized carbons (Fsp3) is 0. The van der Waals surface area contributed by atoms with Crippen molar-refractivity contribution in [2.24, 2.45) is 0 Å². The molecule has 0 N–H and O–H groups in total. The highest BCUT2D eigenvalue weighted by Crippen LogP contribution is 2.23. The van der Waals surface area contributed by atoms with Gasteiger partial charge in [-0.15, -0.1) is 0 Å². The highest BCUT2D eigenvalue weighted by molar-refractivity contribution is 5.85. The zero-order valence-corrected chi connectivity index (χ0v) is 10.7. The molecule has 0 saturated carbocycles. The van der Waals surface area contributed by atoms with Gasteiger partial charge in [0.25, 0.3) is 0 Å². The van der Waals surface area contributed by atoms with E-state index in [9.17, 15) is 0 Å². The molecule has 0 saturated heterocycles. The number of aromatic nitrogens is 3. The van der Waals surface area contributed by atoms with Crippen LogP contribution >= 0.6 is 0 Å². The van der Waals surface area contributed by atoms with E-state index in [0.717, 1.165) is 33.2 Å². The topological polar surface area (TPSA) is 38.7 Å². The summed E-state index contributed by atoms with van der Waals surface area (Å²) in [6, 6.07) is 18.2. The Hall–Kier alpha value is -2.81. The average molecular weight is 257 g/mol. The summed E-state index contributed by atoms with van der Waals surface area (Å²) in [7, 11) is 0. The van der Waals surface area contributed by atoms with Gasteiger partial charge >= 0.3 is 0 Å². The lowest BCUT2D eigenvalue weighted by atomic mass is 10.1. The third kappa shape index (κ3) is 1.80. The van der Waals surface area contributed by atoms with Crippen LogP contribution in [0.1, 0.15) is 0 Å². The van der Waals surface area contributed by atoms with Crippen molar-refractivity contribution in [3.8, 4) is 11.3 Å². The number of hydrogen-bond donors (Lipinski definition) is 0. The molecule has 4 rings (SSSR count). The van der Waals surface area contributed by atoms with E-state index in [0.29, 0.717) is 0 Å². The molecule has 0 radical (unpaired) electrons. The van der Waals surface area contributed by atoms with Crippen LogP contribution in [0.2, 0.25) is 0 Å². The highest BCUT2D eigenvalue weighted by Gasteiger charge is 2.03. The van der Waals surface area contributed by atoms with E-state index in [1.165, 1.54) is 0 Å². The lowest BCUT2D eigenvalue weighted by Gasteiger charge is -2.04. The van der Waals surface area contributed by atoms with Gasteiger partial charge < -0.3 is 0 Å². The van der Waals surface area contributed by atoms with Gasteiger partial charge in [-0.25, -0.2) is 9.97 Å². The largest absolute Gasteiger partial charge is 0.256 e. The highest BCUT2D eigenvalue weighted by atomic mass is 14.8. The van der Waals surface area contributed by atoms with Gasteiger partial charge in [-0.3, -0.25) is 4.98 Å². The van der Waals surface area contributed by atoms with Crippen LogP contribution in [0, 0.1) is 0 Å². The summed E-state index contributed by atoms with van der Waals surface area (Å²) < 4.78 is 0. The van der Waals surface area contributed by atoms with Crippen molar-refractivity contribution in [1.82, 2.24) is 15.0 Å². The third-order valence-corrected chi connectivity index (χ3v) is 3.37. The second-order valence-electron chi connectivity index (χ2n) is 4.66. The number of benzene rings is 1. The van der Waals surface area contributed by atoms with E-state index in [1.807, 2.05) is 36.5 Å². The smallest absolute Gasteiger partial charge is 0.159 e. The van der Waals surface area contributed by atoms with Crippen LogP contribution in [0.25, 0.3) is 33.2 Å². The first-order chi connectivity index (χ1) is 9.90. The van der Waals surface area contributed by atoms with Gasteiger partial charge in [-0.05, 0) is 36.4 Å². The van der Waals surface area contributed by atoms with Crippen LogP contribution in [-0.4, -0.2) is 15.0 Å². The van der Waals surface area contributed by atoms with E-state index >= 15 is 0 Å². The average Bonchev–Trinajstić information content (AvgIpc) is 2.54. The van der Waals surface area contributed by atoms with Crippen LogP contribution < -0.4 is 0 Å². The van der Waals surface area contributed by atoms with Gasteiger partial charge in [0.05, 0.1) is 11.2 Å². The number of fused-ring (bicyclic) bond motifs is 2. The van der Waals surface area contributed by atoms with E-state index in [-0.39, 0.29) is 0 Å². The Morgan fingerprint density at radius 2 is 1.50 bits per heavy atom. The first kappa shape index (κ1) is 11.1. The molecule has 3 heteroatoms. The lowest BCUT2D eigenvalue weighted by Crippen LogP contribution is -1.88. The van der Waals surface area contributed by atoms with E-state index < -0.39 is 0 Å². The molecule has 0 aliphatic heterocycles. The Labute approximate surface area is 116 Å². The minimum absolute atomic E-state index is 0.770. The van der Waals surface area contributed by atoms with Crippen LogP contribution in [0.4, 0.5) is 0 Å². The number of pyridine rings is 3. The van der Waals surface area contributed by atoms with Crippen molar-refractivity contribution < 1.29 is 0 Å². The summed E-state index contributed by atoms with van der Waals surface area (Å²) >= 11 is 0. The predicted octanol–water partition coefficient (Wildman–Crippen LogP) is 3.85. The minimum Gasteiger partial charge on any atom is -0.256 e. The van der Waals surface area contributed by atoms with Gasteiger partial charge in [0.2, 0.25) is 0 Å². The SMILES string of the molecule is c1cnc2cc(-c3ccc4cccnc4n3)ccc2c1. The fourth-order valence-corrected chi connectivity index (χ4v) is 2.34. The van der Waals surface area contributed by atoms with Crippen molar-refractivity contribution in [2.75, 3.05) is 0 Å². The molecule has 0 fully saturated rings. The Balaban J connectivity index is 1.91. The first-order valence-electron chi connectivity index (χ1n) is 6.47. The summed E-state index contributed by atoms with van der Waals surface area (Å²) in [5.41, 5.74) is 3.73. The zero-order chi connectivity index (χ0) is 13.4. The molecule has 0 spiro atoms. The fourth-order valence-electron chi connectivity index (χ4n) is 2.34. The van der Waals surface area contributed by atoms with Crippen molar-refractivity contribution in [3.05, 3.63) is 67.0 Å². The molecule has 94 valence electrons. The maximum atomic E-state index is 4.61. The van der Waals surface area contributed by atoms with Gasteiger partial charge in [-0.1, -0.05) is 18.2 Å². The van der Waals surface area contributed by atoms with Gasteiger partial charge in [0.1, 0.15) is 0 Å². The maximum absolute atomic E-state index is 4.61. The van der Waals surface area contributed by atoms with Gasteiger partial charge in [-0.2, -0.15) is 0 Å². The van der Waals surface area contributed by atoms with Crippen molar-refractivity contribution in [2.45, 2.75) is 0 Å². The molecule has 1 aromatic carbocycles. The summed E-state index contributed by atoms with van der Waals surface area (Å²) in [5.74, 6) is 0. The molecule has 3 aromatic heterocycles. The quantitative estimate of drug-likeness (QED) is 0.520. The summed E-state index contributed by atoms with van der Waals surface area (Å²) in [6.45, 7) is 0. The first-order valence-corrected chi connectivity index (χ1v) is 6.47. The molecular weight excluding hydrogens is 246 g/mol. The second-order valence-corrected chi connectivity index (χ2v) is 4.66. The third-order valence-electron chi connectivity index (χ3n) is 3.37. The van der Waals surface area contributed by atoms with Gasteiger partial charge in [0.15, 0.2) is 5.65 Å². The summed E-state index contributed by atoms with van der Waals surface area (Å²) in [6.07, 6.45) is 3.57. The van der Waals surface area contributed by atoms with Crippen molar-refractivity contribution in [3.63, 3.8) is 0 Å². The Kier molecular flexibility index (Phi) is 2.42. The Bertz CT molecular complexity index is 838. The minimum atomic E-state index is 0.770. The maximum Gasteiger partial charge on any atom is 0.159 e. The monoisotopic (exact) mass is 257 g/mol. The van der Waals surface area contributed by atoms with Gasteiger partial charge in [0, 0.05) is 28.7 Å². The number of hydrogen-bond acceptors (Lipinski definition) is 3. The number of rotatable bonds is 1. The standard InChI is InChI=1S/C17H11N3/c1-3-12-5-6-14(11-16(12)18-9-1)15-8-7-13-4-2-10-19-17(13)20-15/h1-11H. The molecule has 0 aliphatic rings. The van der Waals surface area contributed by atoms with E-state index in [4.69, 9.17) is 0 Å². The molecule has 0 atom stereocenters. The summed E-state index contributed by atoms with van der Waals surface area (Å²) in [5, 5.41) is 2.19. The second kappa shape index (κ2) is 4.38. The van der Waals surface area contributed by atoms with Crippen LogP contribution in [0.15, 0.2) is 67.0 Å². The predicted molar refractivity (Wildman–Crippen MR) is 80.3 cm³/mol. The van der Waals surface area contributed by atoms with Crippen LogP contribution in [0.3, 0.4) is 0 Å². The van der Waals surface area contributed by atoms with Crippen LogP contribution in [0.5, 0.6) is 0 Å². The Morgan fingerprint density at radius 3 is 2.45 bits per heavy atom. The molecular formula is C17H11N3. The molecule has 0 aliphatic carbocycles. The lowest BCUT2D eigenvalue weighted by molar-refractivity contribution is 1.29. The molecule has 3 nitrogen and oxygen atoms in total. The molecule has 0 bridgehead atoms. The van der Waals surface area contributed by atoms with E-state index in [2.05, 4.69) is 39.2 Å². The summed E-state index contributed by atoms with van der Waals surface area (Å²) in [4.78, 5) is 13.3. The van der Waals surface area contributed by atoms with E-state index in [1.54, 1.807) is 6.20 Å². The zero-order valence-electron chi connectivity index (χ0n) is 10.7. The molecule has 3 heterocycles. The molecule has 20 heavy (non-hydrogen) atoms. The van der Waals surface area contributed by atoms with Crippen LogP contribution in [-0.2, 0) is 0 Å².